The second-order valence-electron chi connectivity index (χ2n) is 28.8. The number of amides is 11. The lowest BCUT2D eigenvalue weighted by atomic mass is 9.84. The zero-order valence-electron chi connectivity index (χ0n) is 66.8. The van der Waals surface area contributed by atoms with E-state index in [1.54, 1.807) is 25.3 Å². The summed E-state index contributed by atoms with van der Waals surface area (Å²) >= 11 is 0. The molecule has 0 aliphatic carbocycles. The Bertz CT molecular complexity index is 4060. The molecule has 1 aromatic heterocycles. The van der Waals surface area contributed by atoms with Crippen LogP contribution in [0.3, 0.4) is 0 Å². The van der Waals surface area contributed by atoms with Gasteiger partial charge in [0.2, 0.25) is 65.0 Å². The number of cyclic esters (lactones) is 1. The SMILES string of the molecule is CCCCCCCCCC(=O)N[C@@H](Cc1c[nH]c2ccc(C)cc12)C(=O)N[C@H](CC(N)=O)C(=O)C[C@@H](CC(=O)O)C(=O)N[C@@H]1C(=O)NCC(=O)N[C@@H](CCCN)C(=O)C[C@@H](COC=O)C(=O)N[C@H](C)C(=O)N[C@@H](COC=O)C(=O)NCC(=O)N[C@H](CO)C(=O)C[C@@H]([C@H](C)CC(=O)O)C(=O)N[C@@H](CC(=O)c2ccccc2NCC)C(=O)O[C@@H]1C. The number of benzene rings is 2. The van der Waals surface area contributed by atoms with Crippen LogP contribution in [-0.2, 0) is 112 Å². The molecule has 4 rings (SSSR count). The van der Waals surface area contributed by atoms with Crippen LogP contribution in [0.25, 0.3) is 10.9 Å². The van der Waals surface area contributed by atoms with Crippen molar-refractivity contribution >= 4 is 136 Å². The number of rotatable bonds is 40. The first-order valence-corrected chi connectivity index (χ1v) is 38.9. The standard InChI is InChI=1S/C78H110N14O26/c1-7-9-10-11-12-13-14-21-65(101)87-56(27-47-34-82-53-23-22-42(3)25-51(47)53)76(113)89-55(33-64(80)100)62(98)28-46(30-69(106)107)72(109)92-70-45(6)118-78(115)57(32-60(96)49-18-15-16-19-52(49)81-8-2)90-74(111)50(43(4)26-68(104)105)31-63(99)58(37-93)88-67(103)35-83-75(112)59(39-117-41-95)91-71(108)44(5)85-73(110)48(38-116-40-94)29-61(97)54(20-17-24-79)86-66(102)36-84-77(70)114/h15-16,18-19,22-23,25,34,40-41,43-46,48,50,54-59,70,81-82,93H,7-14,17,20-21,24,26-33,35-39,79H2,1-6H3,(H2,80,100)(H,83,112)(H,84,114)(H,85,110)(H,86,102)(H,87,101)(H,88,103)(H,89,113)(H,90,111)(H,91,108)(H,92,109)(H,104,105)(H,106,107)/t43-,44-,45-,46+,48+,50+,54+,55-,56+,57+,58-,59+,70+/m1/s1. The average Bonchev–Trinajstić information content (AvgIpc) is 1.28. The zero-order chi connectivity index (χ0) is 87.7. The fourth-order valence-electron chi connectivity index (χ4n) is 12.8. The predicted molar refractivity (Wildman–Crippen MR) is 418 cm³/mol. The predicted octanol–water partition coefficient (Wildman–Crippen LogP) is -1.80. The number of aromatic nitrogens is 1. The van der Waals surface area contributed by atoms with Crippen molar-refractivity contribution in [3.05, 3.63) is 65.4 Å². The molecule has 11 amide bonds. The fourth-order valence-corrected chi connectivity index (χ4v) is 12.8. The topological polar surface area (TPSA) is 630 Å². The van der Waals surface area contributed by atoms with E-state index in [9.17, 15) is 106 Å². The average molecular weight is 1660 g/mol. The smallest absolute Gasteiger partial charge is 0.329 e. The van der Waals surface area contributed by atoms with E-state index in [-0.39, 0.29) is 63.0 Å². The molecule has 0 radical (unpaired) electrons. The molecular formula is C78H110N14O26. The van der Waals surface area contributed by atoms with E-state index >= 15 is 4.79 Å². The van der Waals surface area contributed by atoms with Crippen molar-refractivity contribution in [1.29, 1.82) is 0 Å². The molecule has 1 aliphatic rings. The number of hydrogen-bond acceptors (Lipinski definition) is 26. The van der Waals surface area contributed by atoms with Crippen molar-refractivity contribution in [2.75, 3.05) is 51.3 Å². The van der Waals surface area contributed by atoms with Crippen LogP contribution in [0.1, 0.15) is 165 Å². The van der Waals surface area contributed by atoms with Crippen LogP contribution < -0.4 is 70.0 Å². The van der Waals surface area contributed by atoms with Gasteiger partial charge in [-0.2, -0.15) is 0 Å². The molecule has 19 N–H and O–H groups in total. The van der Waals surface area contributed by atoms with Gasteiger partial charge in [0.1, 0.15) is 55.6 Å². The molecule has 0 spiro atoms. The second kappa shape index (κ2) is 51.1. The van der Waals surface area contributed by atoms with Gasteiger partial charge in [0.05, 0.1) is 56.5 Å². The van der Waals surface area contributed by atoms with Crippen LogP contribution in [-0.4, -0.2) is 240 Å². The largest absolute Gasteiger partial charge is 0.481 e. The Morgan fingerprint density at radius 1 is 0.661 bits per heavy atom. The van der Waals surface area contributed by atoms with Gasteiger partial charge in [0, 0.05) is 85.8 Å². The van der Waals surface area contributed by atoms with E-state index < -0.39 is 262 Å². The van der Waals surface area contributed by atoms with Crippen molar-refractivity contribution in [2.24, 2.45) is 35.1 Å². The number of para-hydroxylation sites is 1. The summed E-state index contributed by atoms with van der Waals surface area (Å²) in [6.45, 7) is 3.71. The number of H-pyrrole nitrogens is 1. The molecule has 1 fully saturated rings. The zero-order valence-corrected chi connectivity index (χ0v) is 66.8. The molecule has 40 heteroatoms. The molecule has 0 unspecified atom stereocenters. The van der Waals surface area contributed by atoms with Gasteiger partial charge >= 0.3 is 17.9 Å². The number of carbonyl (C=O) groups excluding carboxylic acids is 18. The number of fused-ring (bicyclic) bond motifs is 1. The number of Topliss-reactive ketones (excluding diaryl/α,β-unsaturated/α-hetero) is 4. The van der Waals surface area contributed by atoms with E-state index in [1.165, 1.54) is 25.1 Å². The normalized spacial score (nSPS) is 21.0. The van der Waals surface area contributed by atoms with Crippen molar-refractivity contribution in [3.8, 4) is 0 Å². The van der Waals surface area contributed by atoms with E-state index in [0.29, 0.717) is 29.3 Å². The Kier molecular flexibility index (Phi) is 42.5. The number of aliphatic hydroxyl groups excluding tert-OH is 1. The first-order valence-electron chi connectivity index (χ1n) is 38.9. The van der Waals surface area contributed by atoms with Gasteiger partial charge in [0.25, 0.3) is 12.9 Å². The number of aliphatic carboxylic acids is 2. The lowest BCUT2D eigenvalue weighted by Crippen LogP contribution is -2.57. The van der Waals surface area contributed by atoms with E-state index in [0.717, 1.165) is 51.5 Å². The first kappa shape index (κ1) is 98.3. The van der Waals surface area contributed by atoms with E-state index in [4.69, 9.17) is 25.7 Å². The summed E-state index contributed by atoms with van der Waals surface area (Å²) in [4.78, 5) is 278. The Labute approximate surface area is 679 Å². The third kappa shape index (κ3) is 33.6. The Morgan fingerprint density at radius 2 is 1.29 bits per heavy atom. The summed E-state index contributed by atoms with van der Waals surface area (Å²) in [6, 6.07) is -3.62. The lowest BCUT2D eigenvalue weighted by molar-refractivity contribution is -0.156. The van der Waals surface area contributed by atoms with Gasteiger partial charge < -0.3 is 104 Å². The lowest BCUT2D eigenvalue weighted by Gasteiger charge is -2.29. The highest BCUT2D eigenvalue weighted by Gasteiger charge is 2.41. The number of carboxylic acid groups (broad SMARTS) is 2. The van der Waals surface area contributed by atoms with Crippen molar-refractivity contribution in [3.63, 3.8) is 0 Å². The molecule has 0 saturated carbocycles. The van der Waals surface area contributed by atoms with Crippen LogP contribution in [0.5, 0.6) is 0 Å². The molecule has 1 saturated heterocycles. The summed E-state index contributed by atoms with van der Waals surface area (Å²) in [5.74, 6) is -29.0. The van der Waals surface area contributed by atoms with Crippen molar-refractivity contribution in [2.45, 2.75) is 212 Å². The molecule has 2 heterocycles. The second-order valence-corrected chi connectivity index (χ2v) is 28.8. The van der Waals surface area contributed by atoms with Crippen LogP contribution in [0, 0.1) is 30.6 Å². The minimum atomic E-state index is -2.35. The van der Waals surface area contributed by atoms with E-state index in [1.807, 2.05) is 19.1 Å². The number of aliphatic hydroxyl groups is 1. The monoisotopic (exact) mass is 1660 g/mol. The minimum Gasteiger partial charge on any atom is -0.481 e. The van der Waals surface area contributed by atoms with Crippen LogP contribution in [0.2, 0.25) is 0 Å². The van der Waals surface area contributed by atoms with Gasteiger partial charge in [-0.3, -0.25) is 91.1 Å². The number of anilines is 1. The number of esters is 1. The minimum absolute atomic E-state index is 0.00401. The molecule has 648 valence electrons. The number of primary amides is 1. The van der Waals surface area contributed by atoms with Crippen molar-refractivity contribution < 1.29 is 125 Å². The Balaban J connectivity index is 1.90. The van der Waals surface area contributed by atoms with Crippen LogP contribution >= 0.6 is 0 Å². The summed E-state index contributed by atoms with van der Waals surface area (Å²) in [5.41, 5.74) is 13.6. The number of nitrogens with two attached hydrogens (primary N) is 2. The highest BCUT2D eigenvalue weighted by atomic mass is 16.5. The maximum Gasteiger partial charge on any atom is 0.329 e. The van der Waals surface area contributed by atoms with Gasteiger partial charge in [-0.25, -0.2) is 4.79 Å². The van der Waals surface area contributed by atoms with Gasteiger partial charge in [-0.1, -0.05) is 76.1 Å². The number of carbonyl (C=O) groups is 20. The number of ketones is 4. The molecular weight excluding hydrogens is 1550 g/mol. The number of carboxylic acids is 2. The molecule has 118 heavy (non-hydrogen) atoms. The summed E-state index contributed by atoms with van der Waals surface area (Å²) in [6.07, 6.45) is -2.05. The highest BCUT2D eigenvalue weighted by molar-refractivity contribution is 6.05. The summed E-state index contributed by atoms with van der Waals surface area (Å²) < 4.78 is 15.3. The number of unbranched alkanes of at least 4 members (excludes halogenated alkanes) is 6. The third-order valence-electron chi connectivity index (χ3n) is 19.3. The van der Waals surface area contributed by atoms with Crippen molar-refractivity contribution in [1.82, 2.24) is 58.2 Å². The fraction of sp³-hybridized carbons (Fsp3) is 0.564. The van der Waals surface area contributed by atoms with E-state index in [2.05, 4.69) is 70.4 Å². The molecule has 13 atom stereocenters. The summed E-state index contributed by atoms with van der Waals surface area (Å²) in [5, 5.41) is 57.5. The molecule has 2 aromatic carbocycles. The third-order valence-corrected chi connectivity index (χ3v) is 19.3. The molecule has 3 aromatic rings. The summed E-state index contributed by atoms with van der Waals surface area (Å²) in [7, 11) is 0. The number of nitrogens with one attached hydrogen (secondary N) is 12. The quantitative estimate of drug-likeness (QED) is 0.00982. The van der Waals surface area contributed by atoms with Crippen LogP contribution in [0.4, 0.5) is 5.69 Å². The highest BCUT2D eigenvalue weighted by Crippen LogP contribution is 2.26. The van der Waals surface area contributed by atoms with Crippen LogP contribution in [0.15, 0.2) is 48.7 Å². The maximum absolute atomic E-state index is 15.0. The molecule has 1 aliphatic heterocycles. The first-order chi connectivity index (χ1) is 56.1. The molecule has 0 bridgehead atoms. The number of hydrogen-bond donors (Lipinski definition) is 17. The Morgan fingerprint density at radius 3 is 1.92 bits per heavy atom. The molecule has 40 nitrogen and oxygen atoms in total. The number of aromatic amines is 1. The maximum atomic E-state index is 15.0. The van der Waals surface area contributed by atoms with Gasteiger partial charge in [-0.05, 0) is 89.2 Å². The van der Waals surface area contributed by atoms with Gasteiger partial charge in [0.15, 0.2) is 23.1 Å². The Hall–Kier alpha value is -12.1. The number of ether oxygens (including phenoxy) is 3. The van der Waals surface area contributed by atoms with Gasteiger partial charge in [-0.15, -0.1) is 0 Å². The number of aryl methyl sites for hydroxylation is 1.